The third-order valence-electron chi connectivity index (χ3n) is 9.21. The predicted octanol–water partition coefficient (Wildman–Crippen LogP) is 0.325. The maximum atomic E-state index is 12.8. The van der Waals surface area contributed by atoms with Crippen molar-refractivity contribution in [2.75, 3.05) is 7.11 Å². The Labute approximate surface area is 213 Å². The second-order valence-corrected chi connectivity index (χ2v) is 12.5. The van der Waals surface area contributed by atoms with Crippen LogP contribution in [0.15, 0.2) is 24.3 Å². The molecule has 6 unspecified atom stereocenters. The third-order valence-corrected chi connectivity index (χ3v) is 10.2. The van der Waals surface area contributed by atoms with Crippen molar-refractivity contribution in [2.45, 2.75) is 80.1 Å². The molecule has 5 saturated carbocycles. The fourth-order valence-electron chi connectivity index (χ4n) is 7.74. The number of hydrogen-bond acceptors (Lipinski definition) is 11. The van der Waals surface area contributed by atoms with Crippen LogP contribution >= 0.6 is 7.82 Å². The molecule has 1 aliphatic heterocycles. The molecule has 1 spiro atoms. The maximum absolute atomic E-state index is 12.8. The van der Waals surface area contributed by atoms with Gasteiger partial charge < -0.3 is 34.8 Å². The van der Waals surface area contributed by atoms with Crippen LogP contribution in [-0.4, -0.2) is 79.8 Å². The molecule has 0 aromatic heterocycles. The van der Waals surface area contributed by atoms with E-state index in [1.807, 2.05) is 0 Å². The molecule has 37 heavy (non-hydrogen) atoms. The lowest BCUT2D eigenvalue weighted by atomic mass is 9.47. The minimum absolute atomic E-state index is 0.0739. The smallest absolute Gasteiger partial charge is 0.404 e. The zero-order valence-electron chi connectivity index (χ0n) is 20.2. The Morgan fingerprint density at radius 1 is 0.865 bits per heavy atom. The first-order chi connectivity index (χ1) is 17.5. The molecule has 6 N–H and O–H groups in total. The normalized spacial score (nSPS) is 50.0. The number of ether oxygens (including phenoxy) is 1. The fraction of sp³-hybridized carbons (Fsp3) is 0.750. The van der Waals surface area contributed by atoms with Crippen molar-refractivity contribution in [3.8, 4) is 5.75 Å². The summed E-state index contributed by atoms with van der Waals surface area (Å²) >= 11 is 0. The Bertz CT molecular complexity index is 1040. The molecule has 1 aromatic rings. The number of methoxy groups -OCH3 is 1. The highest BCUT2D eigenvalue weighted by molar-refractivity contribution is 7.47. The van der Waals surface area contributed by atoms with E-state index in [4.69, 9.17) is 23.6 Å². The minimum atomic E-state index is -5.00. The van der Waals surface area contributed by atoms with E-state index < -0.39 is 55.8 Å². The molecule has 206 valence electrons. The average Bonchev–Trinajstić information content (AvgIpc) is 2.84. The minimum Gasteiger partial charge on any atom is -0.404 e. The van der Waals surface area contributed by atoms with Crippen molar-refractivity contribution in [1.82, 2.24) is 0 Å². The van der Waals surface area contributed by atoms with Gasteiger partial charge in [-0.3, -0.25) is 9.42 Å². The quantitative estimate of drug-likeness (QED) is 0.213. The van der Waals surface area contributed by atoms with Crippen molar-refractivity contribution in [3.63, 3.8) is 0 Å². The van der Waals surface area contributed by atoms with Crippen molar-refractivity contribution in [3.05, 3.63) is 29.8 Å². The van der Waals surface area contributed by atoms with Crippen molar-refractivity contribution in [1.29, 1.82) is 0 Å². The number of rotatable bonds is 6. The van der Waals surface area contributed by atoms with E-state index >= 15 is 0 Å². The van der Waals surface area contributed by atoms with Gasteiger partial charge >= 0.3 is 7.82 Å². The molecule has 1 saturated heterocycles. The molecule has 6 aliphatic rings. The van der Waals surface area contributed by atoms with Crippen molar-refractivity contribution in [2.24, 2.45) is 23.7 Å². The molecule has 6 atom stereocenters. The van der Waals surface area contributed by atoms with E-state index in [1.54, 1.807) is 19.2 Å². The summed E-state index contributed by atoms with van der Waals surface area (Å²) in [6.07, 6.45) is -6.11. The maximum Gasteiger partial charge on any atom is 0.527 e. The molecule has 1 heterocycles. The Morgan fingerprint density at radius 2 is 1.43 bits per heavy atom. The van der Waals surface area contributed by atoms with E-state index in [2.05, 4.69) is 0 Å². The monoisotopic (exact) mass is 544 g/mol. The van der Waals surface area contributed by atoms with Gasteiger partial charge in [-0.2, -0.15) is 4.89 Å². The lowest BCUT2D eigenvalue weighted by Gasteiger charge is -2.68. The van der Waals surface area contributed by atoms with Gasteiger partial charge in [-0.15, -0.1) is 0 Å². The number of aliphatic hydroxyl groups excluding tert-OH is 5. The summed E-state index contributed by atoms with van der Waals surface area (Å²) in [6.45, 7) is 0. The first-order valence-corrected chi connectivity index (χ1v) is 14.1. The predicted molar refractivity (Wildman–Crippen MR) is 122 cm³/mol. The van der Waals surface area contributed by atoms with Crippen LogP contribution in [0.25, 0.3) is 0 Å². The molecule has 7 rings (SSSR count). The summed E-state index contributed by atoms with van der Waals surface area (Å²) in [5, 5.41) is 49.8. The van der Waals surface area contributed by atoms with Gasteiger partial charge in [0, 0.05) is 12.7 Å². The van der Waals surface area contributed by atoms with Crippen LogP contribution in [0.2, 0.25) is 0 Å². The Morgan fingerprint density at radius 3 is 1.95 bits per heavy atom. The number of phosphoric ester groups is 1. The fourth-order valence-corrected chi connectivity index (χ4v) is 8.72. The highest BCUT2D eigenvalue weighted by Gasteiger charge is 2.76. The van der Waals surface area contributed by atoms with Crippen LogP contribution in [0.5, 0.6) is 5.75 Å². The molecule has 1 aromatic carbocycles. The van der Waals surface area contributed by atoms with Crippen LogP contribution in [0.1, 0.15) is 37.7 Å². The molecule has 13 heteroatoms. The first-order valence-electron chi connectivity index (χ1n) is 12.6. The van der Waals surface area contributed by atoms with Gasteiger partial charge in [-0.05, 0) is 67.9 Å². The summed E-state index contributed by atoms with van der Waals surface area (Å²) < 4.78 is 29.0. The first kappa shape index (κ1) is 26.1. The number of phosphoric acid groups is 1. The number of benzene rings is 1. The van der Waals surface area contributed by atoms with Crippen molar-refractivity contribution >= 4 is 7.82 Å². The second-order valence-electron chi connectivity index (χ2n) is 11.2. The molecular weight excluding hydrogens is 511 g/mol. The Kier molecular flexibility index (Phi) is 6.30. The highest BCUT2D eigenvalue weighted by atomic mass is 31.2. The SMILES string of the molecule is COC1(c2cccc(OP(=O)(O)OC3C(O)C(O)C(O)C(O)C3O)c2)OOC12C1CC3CC(C1)CC2C3. The molecule has 12 nitrogen and oxygen atoms in total. The van der Waals surface area contributed by atoms with E-state index in [0.29, 0.717) is 17.4 Å². The zero-order chi connectivity index (χ0) is 26.3. The Balaban J connectivity index is 1.24. The van der Waals surface area contributed by atoms with Gasteiger partial charge in [0.15, 0.2) is 5.60 Å². The summed E-state index contributed by atoms with van der Waals surface area (Å²) in [5.74, 6) is 0.587. The molecule has 5 aliphatic carbocycles. The van der Waals surface area contributed by atoms with Gasteiger partial charge in [0.05, 0.1) is 0 Å². The van der Waals surface area contributed by atoms with Gasteiger partial charge in [0.25, 0.3) is 5.79 Å². The summed E-state index contributed by atoms with van der Waals surface area (Å²) in [7, 11) is -3.46. The number of hydrogen-bond donors (Lipinski definition) is 6. The van der Waals surface area contributed by atoms with E-state index in [1.165, 1.54) is 18.6 Å². The molecule has 0 amide bonds. The lowest BCUT2D eigenvalue weighted by Crippen LogP contribution is -2.76. The van der Waals surface area contributed by atoms with Crippen molar-refractivity contribution < 1.29 is 58.6 Å². The largest absolute Gasteiger partial charge is 0.527 e. The second kappa shape index (κ2) is 8.94. The van der Waals surface area contributed by atoms with Crippen LogP contribution in [-0.2, 0) is 29.4 Å². The third kappa shape index (κ3) is 3.77. The molecular formula is C24H33O12P. The lowest BCUT2D eigenvalue weighted by molar-refractivity contribution is -0.645. The zero-order valence-corrected chi connectivity index (χ0v) is 21.1. The molecule has 6 fully saturated rings. The topological polar surface area (TPSA) is 185 Å². The summed E-state index contributed by atoms with van der Waals surface area (Å²) in [5.41, 5.74) is -0.130. The summed E-state index contributed by atoms with van der Waals surface area (Å²) in [6, 6.07) is 6.28. The number of aliphatic hydroxyl groups is 5. The molecule has 0 radical (unpaired) electrons. The highest BCUT2D eigenvalue weighted by Crippen LogP contribution is 2.69. The summed E-state index contributed by atoms with van der Waals surface area (Å²) in [4.78, 5) is 22.0. The van der Waals surface area contributed by atoms with Crippen LogP contribution in [0, 0.1) is 23.7 Å². The van der Waals surface area contributed by atoms with Gasteiger partial charge in [0.2, 0.25) is 0 Å². The van der Waals surface area contributed by atoms with Crippen LogP contribution in [0.4, 0.5) is 0 Å². The van der Waals surface area contributed by atoms with E-state index in [-0.39, 0.29) is 17.6 Å². The van der Waals surface area contributed by atoms with Crippen LogP contribution in [0.3, 0.4) is 0 Å². The van der Waals surface area contributed by atoms with Crippen LogP contribution < -0.4 is 4.52 Å². The van der Waals surface area contributed by atoms with E-state index in [0.717, 1.165) is 25.7 Å². The Hall–Kier alpha value is -1.15. The standard InChI is InChI=1S/C24H33O12P/c1-32-24(23(35-36-24)14-6-11-5-12(8-14)9-15(23)7-11)13-3-2-4-16(10-13)33-37(30,31)34-22-20(28)18(26)17(25)19(27)21(22)29/h2-4,10-12,14-15,17-22,25-29H,5-9H2,1H3,(H,30,31). The van der Waals surface area contributed by atoms with Gasteiger partial charge in [-0.1, -0.05) is 12.1 Å². The van der Waals surface area contributed by atoms with Gasteiger partial charge in [0.1, 0.15) is 42.4 Å². The van der Waals surface area contributed by atoms with Gasteiger partial charge in [-0.25, -0.2) is 9.45 Å². The average molecular weight is 544 g/mol. The van der Waals surface area contributed by atoms with E-state index in [9.17, 15) is 35.0 Å². The molecule has 4 bridgehead atoms.